The molecule has 32 heteroatoms. The summed E-state index contributed by atoms with van der Waals surface area (Å²) >= 11 is 0. The number of hydrogen-bond donors (Lipinski definition) is 0. The highest BCUT2D eigenvalue weighted by molar-refractivity contribution is 7.89. The molecule has 0 N–H and O–H groups in total. The first kappa shape index (κ1) is 99.9. The lowest BCUT2D eigenvalue weighted by molar-refractivity contribution is 1.24. The molecule has 0 nitrogen and oxygen atoms in total. The third-order valence-electron chi connectivity index (χ3n) is 22.2. The monoisotopic (exact) mass is 1540 g/mol. The summed E-state index contributed by atoms with van der Waals surface area (Å²) in [4.78, 5) is 0. The van der Waals surface area contributed by atoms with E-state index in [1.807, 2.05) is 62.3 Å². The molecule has 0 aromatic heterocycles. The number of hydrogen-bond acceptors (Lipinski definition) is 0. The Bertz CT molecular complexity index is 7510. The smallest absolute Gasteiger partial charge is 0.113 e. The van der Waals surface area contributed by atoms with Crippen molar-refractivity contribution in [2.24, 2.45) is 0 Å². The zero-order valence-electron chi connectivity index (χ0n) is 72.8. The molecule has 0 fully saturated rings. The summed E-state index contributed by atoms with van der Waals surface area (Å²) in [5.41, 5.74) is 10.6. The Kier molecular flexibility index (Phi) is 35.8. The third-order valence-corrected chi connectivity index (χ3v) is 22.2. The molecule has 8 aromatic rings. The summed E-state index contributed by atoms with van der Waals surface area (Å²) in [7, 11) is 133. The number of fused-ring (bicyclic) bond motifs is 6. The predicted octanol–water partition coefficient (Wildman–Crippen LogP) is -2.94. The van der Waals surface area contributed by atoms with Crippen molar-refractivity contribution in [3.63, 3.8) is 0 Å². The highest BCUT2D eigenvalue weighted by Crippen LogP contribution is 2.55. The van der Waals surface area contributed by atoms with Crippen LogP contribution in [0.5, 0.6) is 0 Å². The van der Waals surface area contributed by atoms with Crippen LogP contribution in [0.2, 0.25) is 0 Å². The van der Waals surface area contributed by atoms with E-state index in [9.17, 15) is 0 Å². The van der Waals surface area contributed by atoms with Gasteiger partial charge in [0, 0.05) is 228 Å². The van der Waals surface area contributed by atoms with Gasteiger partial charge in [-0.2, -0.15) is 0 Å². The van der Waals surface area contributed by atoms with E-state index in [-0.39, 0.29) is 93.3 Å². The lowest BCUT2D eigenvalue weighted by atomic mass is 8.66. The first-order valence-electron chi connectivity index (χ1n) is 39.3. The van der Waals surface area contributed by atoms with E-state index in [0.29, 0.717) is 93.3 Å². The SMILES string of the molecule is [B][B]B([B])B(B([B])[B])c1c(B(B([B])[B])B([B])[B])c(B([B][B])B([B])[B])c(B([B])B([B])[B])c2c(-c3c4c(C)c(C)c(C)c(C)c4c(-c4c(C#CC#CC#CC)c(C#CC#CC#CC#C)c5c(C#CC#CC#CC#CC)c(C#CC#CC#CC#CC#C)c6c(C)c(C#C)c(C#CC)c(C#CC#C)c6c5c4C#CC#CC)c4c(C)c(C)c(C)c(C)c34)c(B([B])[B])c([B][B])c([B])c12. The summed E-state index contributed by atoms with van der Waals surface area (Å²) in [6.45, 7) is 17.6. The molecule has 519 valence electrons. The fraction of sp³-hybridized carbons (Fsp3) is 0.137. The van der Waals surface area contributed by atoms with Crippen molar-refractivity contribution in [3.05, 3.63) is 94.6 Å². The van der Waals surface area contributed by atoms with E-state index in [4.69, 9.17) is 165 Å². The lowest BCUT2D eigenvalue weighted by Crippen LogP contribution is -2.80. The second kappa shape index (κ2) is 45.6. The van der Waals surface area contributed by atoms with E-state index in [1.54, 1.807) is 27.7 Å². The van der Waals surface area contributed by atoms with Crippen molar-refractivity contribution in [2.75, 3.05) is 0 Å². The molecule has 0 spiro atoms. The molecular weight excluding hydrogens is 1490 g/mol. The molecule has 0 saturated heterocycles. The molecule has 0 heterocycles. The van der Waals surface area contributed by atoms with Crippen molar-refractivity contribution < 1.29 is 0 Å². The standard InChI is InChI=1S/C95H43B32/c1-18-26-32-36-39-41-45-48-53-70-71(54-50-44-40-37-33-27-19-2)80-72(55-49-43-38-34-28-20-3)73(56-47-42-35-29-21-4)81(74(57-46-30-22-5)83(80)82-69(52-31-23-6)68(51-24-7)67(25-8)66(17)75(70)82)84-76-62(13)58(9)60(11)64(15)78(76)85(79-65(16)61(12)59(10)63(14)77(79)84)86-87-88(89(96)90(114-97)91(86)117(100)101)93(121(126(111)112)127(113)116-99)95(120(124(107)108)125(109)110)94(119(115-98)123(105)106)92(87)118(102)122(103)104/h1,3,6,8H,2,4-5,7,9-17H3. The fourth-order valence-corrected chi connectivity index (χ4v) is 16.4. The molecule has 0 aliphatic carbocycles. The Morgan fingerprint density at radius 3 is 1.02 bits per heavy atom. The topological polar surface area (TPSA) is 0 Å². The zero-order chi connectivity index (χ0) is 93.7. The Labute approximate surface area is 786 Å². The zero-order valence-corrected chi connectivity index (χ0v) is 72.8. The van der Waals surface area contributed by atoms with Crippen LogP contribution in [0.3, 0.4) is 0 Å². The first-order chi connectivity index (χ1) is 60.8. The van der Waals surface area contributed by atoms with Crippen LogP contribution in [-0.4, -0.2) is 231 Å². The summed E-state index contributed by atoms with van der Waals surface area (Å²) in [6.07, 6.45) is 15.6. The maximum Gasteiger partial charge on any atom is 0.113 e. The minimum absolute atomic E-state index is 0.0760. The molecule has 0 amide bonds. The number of rotatable bonds is 16. The third kappa shape index (κ3) is 20.0. The molecule has 8 aromatic carbocycles. The van der Waals surface area contributed by atoms with Gasteiger partial charge in [-0.05, 0) is 349 Å². The highest BCUT2D eigenvalue weighted by atomic mass is 14.4. The average Bonchev–Trinajstić information content (AvgIpc) is 0.669. The molecule has 0 atom stereocenters. The molecule has 8 rings (SSSR count). The molecule has 0 aliphatic rings. The maximum absolute atomic E-state index is 7.97. The van der Waals surface area contributed by atoms with Gasteiger partial charge in [-0.3, -0.25) is 0 Å². The Hall–Kier alpha value is -12.5. The molecule has 127 heavy (non-hydrogen) atoms. The molecule has 0 bridgehead atoms. The van der Waals surface area contributed by atoms with Gasteiger partial charge in [0.15, 0.2) is 0 Å². The molecule has 0 aliphatic heterocycles. The first-order valence-corrected chi connectivity index (χ1v) is 39.3. The quantitative estimate of drug-likeness (QED) is 0.0422. The van der Waals surface area contributed by atoms with Gasteiger partial charge in [-0.15, -0.1) is 48.0 Å². The van der Waals surface area contributed by atoms with E-state index in [0.717, 1.165) is 22.3 Å². The van der Waals surface area contributed by atoms with Crippen LogP contribution < -0.4 is 38.2 Å². The van der Waals surface area contributed by atoms with Crippen molar-refractivity contribution >= 4 is 324 Å². The second-order valence-electron chi connectivity index (χ2n) is 29.0. The van der Waals surface area contributed by atoms with Gasteiger partial charge in [-0.25, -0.2) is 0 Å². The van der Waals surface area contributed by atoms with E-state index in [2.05, 4.69) is 237 Å². The Morgan fingerprint density at radius 2 is 0.630 bits per heavy atom. The van der Waals surface area contributed by atoms with Crippen LogP contribution >= 0.6 is 0 Å². The minimum Gasteiger partial charge on any atom is -0.115 e. The van der Waals surface area contributed by atoms with Crippen LogP contribution in [0.25, 0.3) is 76.1 Å². The molecule has 0 saturated carbocycles. The number of terminal acetylenes is 4. The van der Waals surface area contributed by atoms with Crippen molar-refractivity contribution in [1.29, 1.82) is 0 Å². The van der Waals surface area contributed by atoms with Crippen molar-refractivity contribution in [1.82, 2.24) is 0 Å². The van der Waals surface area contributed by atoms with E-state index >= 15 is 0 Å². The second-order valence-corrected chi connectivity index (χ2v) is 29.0. The van der Waals surface area contributed by atoms with Gasteiger partial charge in [0.05, 0.1) is 73.0 Å². The normalized spacial score (nSPS) is 9.02. The Morgan fingerprint density at radius 1 is 0.260 bits per heavy atom. The summed E-state index contributed by atoms with van der Waals surface area (Å²) in [6, 6.07) is 0. The Balaban J connectivity index is 2.15. The molecule has 39 radical (unpaired) electrons. The van der Waals surface area contributed by atoms with Gasteiger partial charge in [0.25, 0.3) is 0 Å². The summed E-state index contributed by atoms with van der Waals surface area (Å²) in [5, 5.41) is 3.78. The maximum atomic E-state index is 7.97. The minimum atomic E-state index is -1.53. The predicted molar refractivity (Wildman–Crippen MR) is 580 cm³/mol. The van der Waals surface area contributed by atoms with Crippen LogP contribution in [-0.2, 0) is 0 Å². The van der Waals surface area contributed by atoms with Gasteiger partial charge < -0.3 is 0 Å². The molecular formula is C95H43B32. The summed E-state index contributed by atoms with van der Waals surface area (Å²) in [5.74, 6) is 117. The van der Waals surface area contributed by atoms with Gasteiger partial charge >= 0.3 is 0 Å². The summed E-state index contributed by atoms with van der Waals surface area (Å²) < 4.78 is 0. The van der Waals surface area contributed by atoms with Crippen LogP contribution in [0.1, 0.15) is 122 Å². The largest absolute Gasteiger partial charge is 0.115 e. The molecule has 0 unspecified atom stereocenters. The van der Waals surface area contributed by atoms with Gasteiger partial charge in [-0.1, -0.05) is 87.0 Å². The van der Waals surface area contributed by atoms with Gasteiger partial charge in [0.2, 0.25) is 0 Å². The van der Waals surface area contributed by atoms with Crippen molar-refractivity contribution in [2.45, 2.75) is 90.0 Å². The average molecular weight is 1530 g/mol. The van der Waals surface area contributed by atoms with E-state index in [1.165, 1.54) is 21.3 Å². The van der Waals surface area contributed by atoms with Crippen LogP contribution in [0.4, 0.5) is 0 Å². The van der Waals surface area contributed by atoms with Gasteiger partial charge in [0.1, 0.15) is 7.85 Å². The van der Waals surface area contributed by atoms with Crippen LogP contribution in [0, 0.1) is 325 Å². The van der Waals surface area contributed by atoms with Crippen LogP contribution in [0.15, 0.2) is 0 Å². The highest BCUT2D eigenvalue weighted by Gasteiger charge is 2.43. The number of benzene rings is 8. The fourth-order valence-electron chi connectivity index (χ4n) is 16.4. The lowest BCUT2D eigenvalue weighted by Gasteiger charge is -2.42. The number of aryl methyl sites for hydroxylation is 5. The van der Waals surface area contributed by atoms with E-state index < -0.39 is 70.8 Å². The van der Waals surface area contributed by atoms with Crippen molar-refractivity contribution in [3.8, 4) is 285 Å².